The quantitative estimate of drug-likeness (QED) is 0.264. The summed E-state index contributed by atoms with van der Waals surface area (Å²) < 4.78 is 28.6. The van der Waals surface area contributed by atoms with Gasteiger partial charge in [0.1, 0.15) is 42.7 Å². The lowest BCUT2D eigenvalue weighted by atomic mass is 9.99. The Kier molecular flexibility index (Phi) is 6.24. The van der Waals surface area contributed by atoms with E-state index < -0.39 is 74.7 Å². The second-order valence-electron chi connectivity index (χ2n) is 5.52. The van der Waals surface area contributed by atoms with Gasteiger partial charge >= 0.3 is 0 Å². The molecule has 10 atom stereocenters. The second-order valence-corrected chi connectivity index (χ2v) is 5.52. The van der Waals surface area contributed by atoms with Crippen LogP contribution in [0.15, 0.2) is 0 Å². The molecule has 2 aliphatic rings. The first-order valence-corrected chi connectivity index (χ1v) is 7.03. The molecule has 0 aromatic rings. The van der Waals surface area contributed by atoms with Crippen LogP contribution in [0, 0.1) is 0 Å². The van der Waals surface area contributed by atoms with Gasteiger partial charge in [0, 0.05) is 0 Å². The highest BCUT2D eigenvalue weighted by molar-refractivity contribution is 4.91. The van der Waals surface area contributed by atoms with Crippen LogP contribution in [0.25, 0.3) is 0 Å². The Bertz CT molecular complexity index is 385. The predicted molar refractivity (Wildman–Crippen MR) is 67.5 cm³/mol. The van der Waals surface area contributed by atoms with E-state index in [1.54, 1.807) is 0 Å². The molecule has 0 amide bonds. The molecule has 2 aliphatic heterocycles. The van der Waals surface area contributed by atoms with E-state index in [0.29, 0.717) is 0 Å². The van der Waals surface area contributed by atoms with Gasteiger partial charge in [-0.25, -0.2) is 4.39 Å². The van der Waals surface area contributed by atoms with Crippen LogP contribution in [0.5, 0.6) is 0 Å². The monoisotopic (exact) mass is 344 g/mol. The zero-order valence-electron chi connectivity index (χ0n) is 11.9. The van der Waals surface area contributed by atoms with E-state index >= 15 is 0 Å². The van der Waals surface area contributed by atoms with Crippen LogP contribution in [-0.2, 0) is 14.2 Å². The summed E-state index contributed by atoms with van der Waals surface area (Å²) in [5, 5.41) is 66.1. The minimum atomic E-state index is -2.12. The molecular weight excluding hydrogens is 323 g/mol. The number of hydrogen-bond donors (Lipinski definition) is 7. The van der Waals surface area contributed by atoms with Crippen molar-refractivity contribution in [1.82, 2.24) is 0 Å². The summed E-state index contributed by atoms with van der Waals surface area (Å²) in [5.74, 6) is 0. The topological polar surface area (TPSA) is 169 Å². The first kappa shape index (κ1) is 18.9. The predicted octanol–water partition coefficient (Wildman–Crippen LogP) is -4.42. The van der Waals surface area contributed by atoms with E-state index in [2.05, 4.69) is 0 Å². The van der Waals surface area contributed by atoms with Gasteiger partial charge in [-0.2, -0.15) is 0 Å². The number of rotatable bonds is 4. The van der Waals surface area contributed by atoms with Crippen molar-refractivity contribution >= 4 is 0 Å². The lowest BCUT2D eigenvalue weighted by Crippen LogP contribution is -2.60. The molecule has 0 aliphatic carbocycles. The summed E-state index contributed by atoms with van der Waals surface area (Å²) >= 11 is 0. The normalized spacial score (nSPS) is 51.7. The van der Waals surface area contributed by atoms with Crippen LogP contribution in [-0.4, -0.2) is 110 Å². The van der Waals surface area contributed by atoms with Crippen molar-refractivity contribution in [1.29, 1.82) is 0 Å². The van der Waals surface area contributed by atoms with E-state index in [9.17, 15) is 35.0 Å². The number of aliphatic hydroxyl groups excluding tert-OH is 7. The summed E-state index contributed by atoms with van der Waals surface area (Å²) in [6.45, 7) is -1.23. The summed E-state index contributed by atoms with van der Waals surface area (Å²) in [5.41, 5.74) is 0. The van der Waals surface area contributed by atoms with Crippen molar-refractivity contribution in [2.75, 3.05) is 13.2 Å². The third-order valence-electron chi connectivity index (χ3n) is 3.91. The largest absolute Gasteiger partial charge is 0.394 e. The maximum absolute atomic E-state index is 13.7. The van der Waals surface area contributed by atoms with Gasteiger partial charge in [0.05, 0.1) is 13.2 Å². The Morgan fingerprint density at radius 1 is 0.783 bits per heavy atom. The van der Waals surface area contributed by atoms with Crippen molar-refractivity contribution in [3.05, 3.63) is 0 Å². The zero-order valence-corrected chi connectivity index (χ0v) is 11.9. The fourth-order valence-electron chi connectivity index (χ4n) is 2.44. The maximum atomic E-state index is 13.7. The Morgan fingerprint density at radius 3 is 2.04 bits per heavy atom. The number of aliphatic hydroxyl groups is 7. The third-order valence-corrected chi connectivity index (χ3v) is 3.91. The first-order valence-electron chi connectivity index (χ1n) is 7.03. The first-order chi connectivity index (χ1) is 10.8. The zero-order chi connectivity index (χ0) is 17.3. The smallest absolute Gasteiger partial charge is 0.187 e. The van der Waals surface area contributed by atoms with Gasteiger partial charge in [-0.3, -0.25) is 0 Å². The van der Waals surface area contributed by atoms with Crippen LogP contribution in [0.4, 0.5) is 4.39 Å². The molecule has 2 rings (SSSR count). The Morgan fingerprint density at radius 2 is 1.43 bits per heavy atom. The highest BCUT2D eigenvalue weighted by Gasteiger charge is 2.47. The van der Waals surface area contributed by atoms with E-state index in [4.69, 9.17) is 19.3 Å². The molecule has 0 aromatic carbocycles. The molecule has 2 saturated heterocycles. The van der Waals surface area contributed by atoms with Crippen LogP contribution in [0.1, 0.15) is 0 Å². The Balaban J connectivity index is 1.94. The van der Waals surface area contributed by atoms with Crippen molar-refractivity contribution in [2.24, 2.45) is 0 Å². The number of hydrogen-bond acceptors (Lipinski definition) is 10. The summed E-state index contributed by atoms with van der Waals surface area (Å²) in [6, 6.07) is 0. The molecule has 10 nitrogen and oxygen atoms in total. The minimum absolute atomic E-state index is 0.523. The summed E-state index contributed by atoms with van der Waals surface area (Å²) in [6.07, 6.45) is -16.6. The fraction of sp³-hybridized carbons (Fsp3) is 1.00. The number of alkyl halides is 1. The maximum Gasteiger partial charge on any atom is 0.187 e. The molecule has 0 saturated carbocycles. The van der Waals surface area contributed by atoms with Crippen LogP contribution in [0.3, 0.4) is 0 Å². The Hall–Kier alpha value is -0.470. The standard InChI is InChI=1S/C12H21FO10/c13-5-6(15)3(1-14)23-12(8(5)17)21-2-4-7(16)9(18)10(19)11(20)22-4/h3-12,14-20H,1-2H2. The third kappa shape index (κ3) is 3.79. The molecule has 2 fully saturated rings. The number of halogens is 1. The second kappa shape index (κ2) is 7.61. The van der Waals surface area contributed by atoms with Crippen molar-refractivity contribution in [3.63, 3.8) is 0 Å². The van der Waals surface area contributed by atoms with E-state index in [0.717, 1.165) is 0 Å². The van der Waals surface area contributed by atoms with Gasteiger partial charge in [0.25, 0.3) is 0 Å². The van der Waals surface area contributed by atoms with Gasteiger partial charge < -0.3 is 50.0 Å². The van der Waals surface area contributed by atoms with Gasteiger partial charge in [0.15, 0.2) is 18.8 Å². The van der Waals surface area contributed by atoms with Crippen molar-refractivity contribution in [3.8, 4) is 0 Å². The van der Waals surface area contributed by atoms with Crippen LogP contribution < -0.4 is 0 Å². The average molecular weight is 344 g/mol. The van der Waals surface area contributed by atoms with E-state index in [1.165, 1.54) is 0 Å². The molecule has 0 bridgehead atoms. The summed E-state index contributed by atoms with van der Waals surface area (Å²) in [7, 11) is 0. The van der Waals surface area contributed by atoms with Crippen molar-refractivity contribution < 1.29 is 54.3 Å². The lowest BCUT2D eigenvalue weighted by molar-refractivity contribution is -0.321. The van der Waals surface area contributed by atoms with E-state index in [1.807, 2.05) is 0 Å². The minimum Gasteiger partial charge on any atom is -0.394 e. The average Bonchev–Trinajstić information content (AvgIpc) is 2.54. The molecule has 0 spiro atoms. The van der Waals surface area contributed by atoms with Gasteiger partial charge in [-0.05, 0) is 0 Å². The SMILES string of the molecule is OCC1OC(OCC2OC(O)C(O)C(O)C2O)C(O)C(F)C1O. The highest BCUT2D eigenvalue weighted by Crippen LogP contribution is 2.26. The van der Waals surface area contributed by atoms with Gasteiger partial charge in [0.2, 0.25) is 0 Å². The molecule has 2 heterocycles. The van der Waals surface area contributed by atoms with Crippen LogP contribution in [0.2, 0.25) is 0 Å². The molecule has 7 N–H and O–H groups in total. The molecular formula is C12H21FO10. The Labute approximate surface area is 130 Å². The van der Waals surface area contributed by atoms with E-state index in [-0.39, 0.29) is 0 Å². The molecule has 10 unspecified atom stereocenters. The number of ether oxygens (including phenoxy) is 3. The fourth-order valence-corrected chi connectivity index (χ4v) is 2.44. The summed E-state index contributed by atoms with van der Waals surface area (Å²) in [4.78, 5) is 0. The van der Waals surface area contributed by atoms with Crippen molar-refractivity contribution in [2.45, 2.75) is 61.5 Å². The molecule has 136 valence electrons. The van der Waals surface area contributed by atoms with Gasteiger partial charge in [-0.15, -0.1) is 0 Å². The molecule has 0 aromatic heterocycles. The molecule has 11 heteroatoms. The van der Waals surface area contributed by atoms with Gasteiger partial charge in [-0.1, -0.05) is 0 Å². The van der Waals surface area contributed by atoms with Crippen LogP contribution >= 0.6 is 0 Å². The molecule has 0 radical (unpaired) electrons. The molecule has 23 heavy (non-hydrogen) atoms. The highest BCUT2D eigenvalue weighted by atomic mass is 19.1. The lowest BCUT2D eigenvalue weighted by Gasteiger charge is -2.41.